The van der Waals surface area contributed by atoms with Crippen molar-refractivity contribution in [2.75, 3.05) is 11.9 Å². The number of benzene rings is 1. The Labute approximate surface area is 111 Å². The van der Waals surface area contributed by atoms with Gasteiger partial charge in [-0.3, -0.25) is 0 Å². The molecular formula is C12H15ClN4O. The van der Waals surface area contributed by atoms with Crippen LogP contribution in [0.2, 0.25) is 5.02 Å². The van der Waals surface area contributed by atoms with Gasteiger partial charge in [-0.2, -0.15) is 0 Å². The van der Waals surface area contributed by atoms with Gasteiger partial charge in [0.05, 0.1) is 6.54 Å². The highest BCUT2D eigenvalue weighted by Gasteiger charge is 2.06. The van der Waals surface area contributed by atoms with Gasteiger partial charge in [-0.05, 0) is 31.2 Å². The largest absolute Gasteiger partial charge is 0.406 e. The SMILES string of the molecule is CCNCc1nnc(Nc2ccc(C)c(Cl)c2)o1. The number of anilines is 2. The molecule has 0 atom stereocenters. The monoisotopic (exact) mass is 266 g/mol. The molecular weight excluding hydrogens is 252 g/mol. The number of nitrogens with one attached hydrogen (secondary N) is 2. The van der Waals surface area contributed by atoms with E-state index in [1.807, 2.05) is 32.0 Å². The molecule has 5 nitrogen and oxygen atoms in total. The molecule has 1 heterocycles. The molecule has 0 radical (unpaired) electrons. The number of halogens is 1. The van der Waals surface area contributed by atoms with Crippen molar-refractivity contribution in [2.24, 2.45) is 0 Å². The van der Waals surface area contributed by atoms with Crippen LogP contribution in [0.3, 0.4) is 0 Å². The lowest BCUT2D eigenvalue weighted by molar-refractivity contribution is 0.484. The van der Waals surface area contributed by atoms with Gasteiger partial charge in [0.2, 0.25) is 5.89 Å². The summed E-state index contributed by atoms with van der Waals surface area (Å²) in [6.07, 6.45) is 0. The predicted molar refractivity (Wildman–Crippen MR) is 71.2 cm³/mol. The van der Waals surface area contributed by atoms with Crippen LogP contribution in [0.25, 0.3) is 0 Å². The molecule has 0 aliphatic carbocycles. The molecule has 0 fully saturated rings. The first-order valence-electron chi connectivity index (χ1n) is 5.75. The molecule has 0 amide bonds. The highest BCUT2D eigenvalue weighted by molar-refractivity contribution is 6.31. The molecule has 0 saturated heterocycles. The summed E-state index contributed by atoms with van der Waals surface area (Å²) in [4.78, 5) is 0. The minimum Gasteiger partial charge on any atom is -0.406 e. The first-order chi connectivity index (χ1) is 8.69. The second-order valence-corrected chi connectivity index (χ2v) is 4.28. The quantitative estimate of drug-likeness (QED) is 0.871. The molecule has 0 aliphatic heterocycles. The first kappa shape index (κ1) is 12.9. The highest BCUT2D eigenvalue weighted by atomic mass is 35.5. The van der Waals surface area contributed by atoms with Crippen molar-refractivity contribution in [3.8, 4) is 0 Å². The molecule has 96 valence electrons. The van der Waals surface area contributed by atoms with Crippen molar-refractivity contribution >= 4 is 23.3 Å². The minimum absolute atomic E-state index is 0.364. The lowest BCUT2D eigenvalue weighted by Gasteiger charge is -2.03. The van der Waals surface area contributed by atoms with E-state index < -0.39 is 0 Å². The summed E-state index contributed by atoms with van der Waals surface area (Å²) in [6.45, 7) is 5.40. The lowest BCUT2D eigenvalue weighted by Crippen LogP contribution is -2.11. The molecule has 1 aromatic heterocycles. The Kier molecular flexibility index (Phi) is 4.17. The van der Waals surface area contributed by atoms with E-state index in [4.69, 9.17) is 16.0 Å². The molecule has 0 bridgehead atoms. The minimum atomic E-state index is 0.364. The van der Waals surface area contributed by atoms with Gasteiger partial charge in [-0.15, -0.1) is 5.10 Å². The molecule has 0 unspecified atom stereocenters. The zero-order chi connectivity index (χ0) is 13.0. The second-order valence-electron chi connectivity index (χ2n) is 3.87. The Bertz CT molecular complexity index is 527. The Balaban J connectivity index is 2.04. The van der Waals surface area contributed by atoms with Crippen molar-refractivity contribution in [3.05, 3.63) is 34.7 Å². The lowest BCUT2D eigenvalue weighted by atomic mass is 10.2. The molecule has 6 heteroatoms. The summed E-state index contributed by atoms with van der Waals surface area (Å²) in [5.41, 5.74) is 1.85. The fourth-order valence-corrected chi connectivity index (χ4v) is 1.58. The van der Waals surface area contributed by atoms with E-state index in [0.717, 1.165) is 17.8 Å². The number of aromatic nitrogens is 2. The van der Waals surface area contributed by atoms with Gasteiger partial charge in [0.1, 0.15) is 0 Å². The van der Waals surface area contributed by atoms with Crippen LogP contribution in [0.5, 0.6) is 0 Å². The van der Waals surface area contributed by atoms with Gasteiger partial charge in [-0.25, -0.2) is 0 Å². The van der Waals surface area contributed by atoms with Crippen molar-refractivity contribution in [1.29, 1.82) is 0 Å². The molecule has 0 spiro atoms. The van der Waals surface area contributed by atoms with Gasteiger partial charge >= 0.3 is 6.01 Å². The first-order valence-corrected chi connectivity index (χ1v) is 6.13. The fraction of sp³-hybridized carbons (Fsp3) is 0.333. The maximum atomic E-state index is 6.04. The van der Waals surface area contributed by atoms with E-state index in [1.165, 1.54) is 0 Å². The van der Waals surface area contributed by atoms with E-state index in [2.05, 4.69) is 20.8 Å². The second kappa shape index (κ2) is 5.84. The zero-order valence-corrected chi connectivity index (χ0v) is 11.1. The van der Waals surface area contributed by atoms with E-state index in [-0.39, 0.29) is 0 Å². The Morgan fingerprint density at radius 2 is 2.17 bits per heavy atom. The Morgan fingerprint density at radius 1 is 1.33 bits per heavy atom. The van der Waals surface area contributed by atoms with Crippen molar-refractivity contribution in [2.45, 2.75) is 20.4 Å². The summed E-state index contributed by atoms with van der Waals surface area (Å²) in [5, 5.41) is 14.7. The maximum absolute atomic E-state index is 6.04. The molecule has 2 aromatic rings. The molecule has 18 heavy (non-hydrogen) atoms. The number of hydrogen-bond donors (Lipinski definition) is 2. The highest BCUT2D eigenvalue weighted by Crippen LogP contribution is 2.22. The van der Waals surface area contributed by atoms with Crippen LogP contribution < -0.4 is 10.6 Å². The third-order valence-corrected chi connectivity index (χ3v) is 2.82. The smallest absolute Gasteiger partial charge is 0.320 e. The predicted octanol–water partition coefficient (Wildman–Crippen LogP) is 2.88. The van der Waals surface area contributed by atoms with E-state index in [1.54, 1.807) is 0 Å². The van der Waals surface area contributed by atoms with Crippen LogP contribution in [0.15, 0.2) is 22.6 Å². The van der Waals surface area contributed by atoms with Crippen LogP contribution in [0, 0.1) is 6.92 Å². The van der Waals surface area contributed by atoms with Crippen LogP contribution in [0.1, 0.15) is 18.4 Å². The number of aryl methyl sites for hydroxylation is 1. The van der Waals surface area contributed by atoms with Gasteiger partial charge in [-0.1, -0.05) is 29.7 Å². The van der Waals surface area contributed by atoms with E-state index >= 15 is 0 Å². The van der Waals surface area contributed by atoms with Crippen LogP contribution in [0.4, 0.5) is 11.7 Å². The number of hydrogen-bond acceptors (Lipinski definition) is 5. The van der Waals surface area contributed by atoms with E-state index in [9.17, 15) is 0 Å². The topological polar surface area (TPSA) is 63.0 Å². The van der Waals surface area contributed by atoms with Gasteiger partial charge in [0, 0.05) is 10.7 Å². The van der Waals surface area contributed by atoms with Crippen molar-refractivity contribution in [3.63, 3.8) is 0 Å². The Morgan fingerprint density at radius 3 is 2.89 bits per heavy atom. The third-order valence-electron chi connectivity index (χ3n) is 2.42. The van der Waals surface area contributed by atoms with Gasteiger partial charge in [0.25, 0.3) is 0 Å². The van der Waals surface area contributed by atoms with Crippen LogP contribution in [-0.4, -0.2) is 16.7 Å². The molecule has 0 saturated carbocycles. The standard InChI is InChI=1S/C12H15ClN4O/c1-3-14-7-11-16-17-12(18-11)15-9-5-4-8(2)10(13)6-9/h4-6,14H,3,7H2,1-2H3,(H,15,17). The fourth-order valence-electron chi connectivity index (χ4n) is 1.40. The molecule has 1 aromatic carbocycles. The molecule has 2 N–H and O–H groups in total. The average Bonchev–Trinajstić information content (AvgIpc) is 2.79. The average molecular weight is 267 g/mol. The summed E-state index contributed by atoms with van der Waals surface area (Å²) < 4.78 is 5.42. The van der Waals surface area contributed by atoms with E-state index in [0.29, 0.717) is 23.5 Å². The normalized spacial score (nSPS) is 10.6. The number of nitrogens with zero attached hydrogens (tertiary/aromatic N) is 2. The van der Waals surface area contributed by atoms with Gasteiger partial charge < -0.3 is 15.1 Å². The number of rotatable bonds is 5. The summed E-state index contributed by atoms with van der Waals surface area (Å²) in [6, 6.07) is 6.03. The maximum Gasteiger partial charge on any atom is 0.320 e. The molecule has 2 rings (SSSR count). The summed E-state index contributed by atoms with van der Waals surface area (Å²) in [5.74, 6) is 0.553. The summed E-state index contributed by atoms with van der Waals surface area (Å²) in [7, 11) is 0. The van der Waals surface area contributed by atoms with Crippen LogP contribution >= 0.6 is 11.6 Å². The van der Waals surface area contributed by atoms with Crippen molar-refractivity contribution in [1.82, 2.24) is 15.5 Å². The van der Waals surface area contributed by atoms with Gasteiger partial charge in [0.15, 0.2) is 0 Å². The Hall–Kier alpha value is -1.59. The zero-order valence-electron chi connectivity index (χ0n) is 10.3. The third kappa shape index (κ3) is 3.21. The molecule has 0 aliphatic rings. The van der Waals surface area contributed by atoms with Crippen LogP contribution in [-0.2, 0) is 6.54 Å². The van der Waals surface area contributed by atoms with Crippen molar-refractivity contribution < 1.29 is 4.42 Å². The summed E-state index contributed by atoms with van der Waals surface area (Å²) >= 11 is 6.04.